The summed E-state index contributed by atoms with van der Waals surface area (Å²) in [5, 5.41) is 0. The summed E-state index contributed by atoms with van der Waals surface area (Å²) < 4.78 is 6.39. The van der Waals surface area contributed by atoms with Crippen molar-refractivity contribution in [2.24, 2.45) is 0 Å². The van der Waals surface area contributed by atoms with Crippen LogP contribution in [0.3, 0.4) is 0 Å². The van der Waals surface area contributed by atoms with Gasteiger partial charge in [0.1, 0.15) is 0 Å². The minimum absolute atomic E-state index is 0.0444. The highest BCUT2D eigenvalue weighted by atomic mass is 16.5. The van der Waals surface area contributed by atoms with Crippen LogP contribution in [0.15, 0.2) is 66.7 Å². The Morgan fingerprint density at radius 3 is 2.00 bits per heavy atom. The molecule has 0 aliphatic carbocycles. The molecule has 3 rings (SSSR count). The van der Waals surface area contributed by atoms with Crippen molar-refractivity contribution in [2.75, 3.05) is 7.11 Å². The standard InChI is InChI=1S/C21H19NO3/c1-15(23)22-18(14-20(24)25-2)13-19(16-9-5-3-6-10-16)21(22)17-11-7-4-8-12-17/h3-13H,14H2,1-2H3. The minimum Gasteiger partial charge on any atom is -0.469 e. The van der Waals surface area contributed by atoms with Crippen molar-refractivity contribution in [3.63, 3.8) is 0 Å². The van der Waals surface area contributed by atoms with Crippen LogP contribution in [-0.4, -0.2) is 23.6 Å². The second-order valence-electron chi connectivity index (χ2n) is 5.74. The van der Waals surface area contributed by atoms with Gasteiger partial charge in [-0.1, -0.05) is 60.7 Å². The molecule has 0 aliphatic heterocycles. The molecule has 0 fully saturated rings. The number of hydrogen-bond donors (Lipinski definition) is 0. The molecule has 3 aromatic rings. The van der Waals surface area contributed by atoms with E-state index in [-0.39, 0.29) is 18.3 Å². The second kappa shape index (κ2) is 7.18. The van der Waals surface area contributed by atoms with Gasteiger partial charge in [0.25, 0.3) is 0 Å². The van der Waals surface area contributed by atoms with Crippen molar-refractivity contribution < 1.29 is 14.3 Å². The molecule has 0 saturated carbocycles. The lowest BCUT2D eigenvalue weighted by Crippen LogP contribution is -2.15. The van der Waals surface area contributed by atoms with Crippen LogP contribution in [0.1, 0.15) is 17.4 Å². The lowest BCUT2D eigenvalue weighted by atomic mass is 10.0. The third-order valence-electron chi connectivity index (χ3n) is 4.08. The van der Waals surface area contributed by atoms with E-state index in [0.717, 1.165) is 22.4 Å². The number of benzene rings is 2. The predicted octanol–water partition coefficient (Wildman–Crippen LogP) is 4.20. The van der Waals surface area contributed by atoms with E-state index in [1.54, 1.807) is 4.57 Å². The number of nitrogens with zero attached hydrogens (tertiary/aromatic N) is 1. The van der Waals surface area contributed by atoms with Gasteiger partial charge in [0.05, 0.1) is 19.2 Å². The van der Waals surface area contributed by atoms with Gasteiger partial charge in [-0.25, -0.2) is 0 Å². The molecule has 0 atom stereocenters. The van der Waals surface area contributed by atoms with Crippen LogP contribution in [0.5, 0.6) is 0 Å². The predicted molar refractivity (Wildman–Crippen MR) is 97.3 cm³/mol. The molecule has 1 heterocycles. The maximum absolute atomic E-state index is 12.4. The molecule has 0 spiro atoms. The maximum Gasteiger partial charge on any atom is 0.311 e. The van der Waals surface area contributed by atoms with Gasteiger partial charge in [0.15, 0.2) is 0 Å². The van der Waals surface area contributed by atoms with Gasteiger partial charge in [-0.2, -0.15) is 0 Å². The molecule has 126 valence electrons. The molecule has 0 radical (unpaired) electrons. The zero-order valence-corrected chi connectivity index (χ0v) is 14.2. The SMILES string of the molecule is COC(=O)Cc1cc(-c2ccccc2)c(-c2ccccc2)n1C(C)=O. The molecule has 0 aliphatic rings. The van der Waals surface area contributed by atoms with Crippen LogP contribution in [-0.2, 0) is 16.0 Å². The monoisotopic (exact) mass is 333 g/mol. The number of ether oxygens (including phenoxy) is 1. The van der Waals surface area contributed by atoms with Crippen molar-refractivity contribution in [3.8, 4) is 22.4 Å². The number of carbonyl (C=O) groups is 2. The third kappa shape index (κ3) is 3.38. The van der Waals surface area contributed by atoms with Crippen molar-refractivity contribution >= 4 is 11.9 Å². The normalized spacial score (nSPS) is 10.5. The molecule has 0 bridgehead atoms. The largest absolute Gasteiger partial charge is 0.469 e. The van der Waals surface area contributed by atoms with Crippen LogP contribution in [0, 0.1) is 0 Å². The second-order valence-corrected chi connectivity index (χ2v) is 5.74. The highest BCUT2D eigenvalue weighted by Gasteiger charge is 2.22. The van der Waals surface area contributed by atoms with E-state index >= 15 is 0 Å². The minimum atomic E-state index is -0.376. The number of aromatic nitrogens is 1. The Hall–Kier alpha value is -3.14. The fourth-order valence-electron chi connectivity index (χ4n) is 2.99. The average molecular weight is 333 g/mol. The van der Waals surface area contributed by atoms with Crippen molar-refractivity contribution in [1.82, 2.24) is 4.57 Å². The van der Waals surface area contributed by atoms with Gasteiger partial charge >= 0.3 is 5.97 Å². The molecule has 4 nitrogen and oxygen atoms in total. The van der Waals surface area contributed by atoms with Crippen LogP contribution in [0.25, 0.3) is 22.4 Å². The first-order chi connectivity index (χ1) is 12.1. The summed E-state index contributed by atoms with van der Waals surface area (Å²) in [5.74, 6) is -0.515. The Kier molecular flexibility index (Phi) is 4.80. The van der Waals surface area contributed by atoms with Gasteiger partial charge < -0.3 is 4.74 Å². The summed E-state index contributed by atoms with van der Waals surface area (Å²) in [6.45, 7) is 1.50. The van der Waals surface area contributed by atoms with Crippen molar-refractivity contribution in [2.45, 2.75) is 13.3 Å². The first kappa shape index (κ1) is 16.7. The van der Waals surface area contributed by atoms with Crippen LogP contribution in [0.4, 0.5) is 0 Å². The van der Waals surface area contributed by atoms with Gasteiger partial charge in [-0.3, -0.25) is 14.2 Å². The average Bonchev–Trinajstić information content (AvgIpc) is 3.02. The van der Waals surface area contributed by atoms with E-state index in [1.807, 2.05) is 66.7 Å². The highest BCUT2D eigenvalue weighted by molar-refractivity contribution is 5.92. The molecular formula is C21H19NO3. The number of rotatable bonds is 4. The topological polar surface area (TPSA) is 48.3 Å². The summed E-state index contributed by atoms with van der Waals surface area (Å²) in [6.07, 6.45) is 0.0444. The molecule has 0 N–H and O–H groups in total. The van der Waals surface area contributed by atoms with Gasteiger partial charge in [0.2, 0.25) is 5.91 Å². The lowest BCUT2D eigenvalue weighted by molar-refractivity contribution is -0.139. The molecule has 1 aromatic heterocycles. The first-order valence-electron chi connectivity index (χ1n) is 8.05. The Bertz CT molecular complexity index is 896. The molecule has 0 saturated heterocycles. The van der Waals surface area contributed by atoms with E-state index < -0.39 is 0 Å². The van der Waals surface area contributed by atoms with Crippen LogP contribution >= 0.6 is 0 Å². The Labute approximate surface area is 146 Å². The number of methoxy groups -OCH3 is 1. The maximum atomic E-state index is 12.4. The van der Waals surface area contributed by atoms with Crippen LogP contribution in [0.2, 0.25) is 0 Å². The Morgan fingerprint density at radius 1 is 0.920 bits per heavy atom. The third-order valence-corrected chi connectivity index (χ3v) is 4.08. The molecule has 0 amide bonds. The van der Waals surface area contributed by atoms with E-state index in [0.29, 0.717) is 5.69 Å². The summed E-state index contributed by atoms with van der Waals surface area (Å²) in [4.78, 5) is 24.2. The molecule has 25 heavy (non-hydrogen) atoms. The lowest BCUT2D eigenvalue weighted by Gasteiger charge is -2.11. The molecular weight excluding hydrogens is 314 g/mol. The summed E-state index contributed by atoms with van der Waals surface area (Å²) in [7, 11) is 1.35. The van der Waals surface area contributed by atoms with Gasteiger partial charge in [-0.15, -0.1) is 0 Å². The van der Waals surface area contributed by atoms with E-state index in [2.05, 4.69) is 0 Å². The number of hydrogen-bond acceptors (Lipinski definition) is 3. The van der Waals surface area contributed by atoms with Crippen LogP contribution < -0.4 is 0 Å². The Balaban J connectivity index is 2.28. The number of carbonyl (C=O) groups excluding carboxylic acids is 2. The fraction of sp³-hybridized carbons (Fsp3) is 0.143. The summed E-state index contributed by atoms with van der Waals surface area (Å²) in [5.41, 5.74) is 4.25. The molecule has 4 heteroatoms. The van der Waals surface area contributed by atoms with E-state index in [9.17, 15) is 9.59 Å². The zero-order chi connectivity index (χ0) is 17.8. The zero-order valence-electron chi connectivity index (χ0n) is 14.2. The van der Waals surface area contributed by atoms with Crippen molar-refractivity contribution in [1.29, 1.82) is 0 Å². The number of esters is 1. The molecule has 0 unspecified atom stereocenters. The van der Waals surface area contributed by atoms with E-state index in [1.165, 1.54) is 14.0 Å². The molecule has 2 aromatic carbocycles. The smallest absolute Gasteiger partial charge is 0.311 e. The highest BCUT2D eigenvalue weighted by Crippen LogP contribution is 2.35. The summed E-state index contributed by atoms with van der Waals surface area (Å²) in [6, 6.07) is 21.5. The summed E-state index contributed by atoms with van der Waals surface area (Å²) >= 11 is 0. The van der Waals surface area contributed by atoms with Crippen molar-refractivity contribution in [3.05, 3.63) is 72.4 Å². The Morgan fingerprint density at radius 2 is 1.48 bits per heavy atom. The van der Waals surface area contributed by atoms with Gasteiger partial charge in [0, 0.05) is 18.2 Å². The fourth-order valence-corrected chi connectivity index (χ4v) is 2.99. The van der Waals surface area contributed by atoms with Gasteiger partial charge in [-0.05, 0) is 17.2 Å². The van der Waals surface area contributed by atoms with E-state index in [4.69, 9.17) is 4.74 Å². The quantitative estimate of drug-likeness (QED) is 0.672. The first-order valence-corrected chi connectivity index (χ1v) is 8.05.